The third-order valence-electron chi connectivity index (χ3n) is 8.71. The van der Waals surface area contributed by atoms with Gasteiger partial charge >= 0.3 is 0 Å². The zero-order valence-corrected chi connectivity index (χ0v) is 24.0. The second-order valence-electron chi connectivity index (χ2n) is 10.8. The van der Waals surface area contributed by atoms with Gasteiger partial charge in [0.05, 0.1) is 18.5 Å². The highest BCUT2D eigenvalue weighted by Crippen LogP contribution is 2.38. The molecule has 1 saturated carbocycles. The topological polar surface area (TPSA) is 110 Å². The van der Waals surface area contributed by atoms with E-state index in [1.54, 1.807) is 21.1 Å². The minimum Gasteiger partial charge on any atom is -0.497 e. The summed E-state index contributed by atoms with van der Waals surface area (Å²) in [6.45, 7) is 5.02. The summed E-state index contributed by atoms with van der Waals surface area (Å²) in [4.78, 5) is 43.8. The van der Waals surface area contributed by atoms with Crippen molar-refractivity contribution in [3.8, 4) is 5.75 Å². The number of hydrogen-bond donors (Lipinski definition) is 2. The maximum atomic E-state index is 14.1. The van der Waals surface area contributed by atoms with Crippen LogP contribution in [-0.2, 0) is 16.6 Å². The van der Waals surface area contributed by atoms with Crippen LogP contribution in [0.4, 0.5) is 0 Å². The van der Waals surface area contributed by atoms with E-state index >= 15 is 0 Å². The first-order valence-corrected chi connectivity index (χ1v) is 13.3. The van der Waals surface area contributed by atoms with Crippen LogP contribution >= 0.6 is 12.4 Å². The Kier molecular flexibility index (Phi) is 9.36. The van der Waals surface area contributed by atoms with Crippen LogP contribution in [0.5, 0.6) is 5.75 Å². The number of likely N-dealkylation sites (N-methyl/N-ethyl adjacent to an activating group) is 1. The largest absolute Gasteiger partial charge is 0.497 e. The summed E-state index contributed by atoms with van der Waals surface area (Å²) < 4.78 is 7.24. The van der Waals surface area contributed by atoms with Gasteiger partial charge in [0.1, 0.15) is 17.0 Å². The Morgan fingerprint density at radius 3 is 2.39 bits per heavy atom. The molecule has 2 fully saturated rings. The molecule has 1 aliphatic heterocycles. The number of fused-ring (bicyclic) bond motifs is 1. The molecule has 1 saturated heterocycles. The molecule has 2 aliphatic rings. The van der Waals surface area contributed by atoms with Crippen LogP contribution in [0.1, 0.15) is 56.4 Å². The Labute approximate surface area is 231 Å². The molecule has 4 rings (SSSR count). The van der Waals surface area contributed by atoms with Crippen LogP contribution in [0.15, 0.2) is 24.3 Å². The number of carbonyl (C=O) groups excluding carboxylic acids is 3. The molecule has 1 aliphatic carbocycles. The van der Waals surface area contributed by atoms with Crippen LogP contribution in [0.25, 0.3) is 10.9 Å². The SMILES string of the molecule is CNC(C)(C(N)=O)[C@@H](C(=O)N1CCN(C(=O)c2cc3ccc(OC)cc3n2C)C[C@H]1C)C1CCCCC1.Cl. The normalized spacial score (nSPS) is 20.9. The van der Waals surface area contributed by atoms with Crippen molar-refractivity contribution < 1.29 is 19.1 Å². The van der Waals surface area contributed by atoms with E-state index < -0.39 is 17.4 Å². The van der Waals surface area contributed by atoms with E-state index in [-0.39, 0.29) is 36.2 Å². The lowest BCUT2D eigenvalue weighted by Crippen LogP contribution is -2.65. The number of methoxy groups -OCH3 is 1. The summed E-state index contributed by atoms with van der Waals surface area (Å²) in [6, 6.07) is 7.49. The molecule has 1 aromatic heterocycles. The molecule has 0 spiro atoms. The third-order valence-corrected chi connectivity index (χ3v) is 8.71. The fourth-order valence-electron chi connectivity index (χ4n) is 6.27. The quantitative estimate of drug-likeness (QED) is 0.554. The van der Waals surface area contributed by atoms with Crippen molar-refractivity contribution in [2.24, 2.45) is 24.6 Å². The van der Waals surface area contributed by atoms with Gasteiger partial charge in [-0.05, 0) is 57.9 Å². The number of rotatable bonds is 7. The summed E-state index contributed by atoms with van der Waals surface area (Å²) >= 11 is 0. The first-order valence-electron chi connectivity index (χ1n) is 13.3. The van der Waals surface area contributed by atoms with E-state index in [0.29, 0.717) is 25.3 Å². The van der Waals surface area contributed by atoms with Crippen LogP contribution < -0.4 is 15.8 Å². The third kappa shape index (κ3) is 5.36. The van der Waals surface area contributed by atoms with E-state index in [1.807, 2.05) is 52.6 Å². The van der Waals surface area contributed by atoms with Crippen LogP contribution in [-0.4, -0.2) is 77.5 Å². The Balaban J connectivity index is 0.00000400. The zero-order valence-electron chi connectivity index (χ0n) is 23.2. The summed E-state index contributed by atoms with van der Waals surface area (Å²) in [6.07, 6.45) is 5.10. The van der Waals surface area contributed by atoms with Gasteiger partial charge in [0.15, 0.2) is 0 Å². The number of nitrogens with one attached hydrogen (secondary N) is 1. The standard InChI is InChI=1S/C28H41N5O4.ClH/c1-18-17-32(25(34)23-15-20-11-12-21(37-5)16-22(20)31(23)4)13-14-33(18)26(35)24(19-9-7-6-8-10-19)28(2,30-3)27(29)36;/h11-12,15-16,18-19,24,30H,6-10,13-14,17H2,1-5H3,(H2,29,36);1H/t18-,24-,28?;/m1./s1. The number of primary amides is 1. The molecule has 3 amide bonds. The number of hydrogen-bond acceptors (Lipinski definition) is 5. The number of aryl methyl sites for hydroxylation is 1. The number of nitrogens with two attached hydrogens (primary N) is 1. The minimum absolute atomic E-state index is 0. The summed E-state index contributed by atoms with van der Waals surface area (Å²) in [5.41, 5.74) is 6.25. The van der Waals surface area contributed by atoms with Crippen molar-refractivity contribution in [3.63, 3.8) is 0 Å². The van der Waals surface area contributed by atoms with E-state index in [9.17, 15) is 14.4 Å². The molecule has 38 heavy (non-hydrogen) atoms. The summed E-state index contributed by atoms with van der Waals surface area (Å²) in [5, 5.41) is 4.06. The molecule has 0 radical (unpaired) electrons. The number of benzene rings is 1. The Bertz CT molecular complexity index is 1180. The van der Waals surface area contributed by atoms with Gasteiger partial charge in [-0.1, -0.05) is 19.3 Å². The first-order chi connectivity index (χ1) is 17.6. The van der Waals surface area contributed by atoms with Gasteiger partial charge < -0.3 is 30.2 Å². The van der Waals surface area contributed by atoms with Crippen LogP contribution in [0.3, 0.4) is 0 Å². The van der Waals surface area contributed by atoms with Gasteiger partial charge in [-0.15, -0.1) is 12.4 Å². The van der Waals surface area contributed by atoms with Crippen molar-refractivity contribution in [1.29, 1.82) is 0 Å². The number of ether oxygens (including phenoxy) is 1. The molecule has 2 aromatic rings. The molecule has 3 N–H and O–H groups in total. The zero-order chi connectivity index (χ0) is 26.9. The summed E-state index contributed by atoms with van der Waals surface area (Å²) in [7, 11) is 5.21. The van der Waals surface area contributed by atoms with Gasteiger partial charge in [-0.2, -0.15) is 0 Å². The number of halogens is 1. The first kappa shape index (κ1) is 29.8. The molecule has 1 aromatic carbocycles. The minimum atomic E-state index is -1.13. The van der Waals surface area contributed by atoms with Crippen molar-refractivity contribution in [1.82, 2.24) is 19.7 Å². The monoisotopic (exact) mass is 547 g/mol. The predicted octanol–water partition coefficient (Wildman–Crippen LogP) is 2.94. The van der Waals surface area contributed by atoms with Crippen molar-refractivity contribution in [3.05, 3.63) is 30.0 Å². The molecule has 2 heterocycles. The van der Waals surface area contributed by atoms with Gasteiger partial charge in [0.2, 0.25) is 11.8 Å². The maximum Gasteiger partial charge on any atom is 0.270 e. The average molecular weight is 548 g/mol. The van der Waals surface area contributed by atoms with E-state index in [0.717, 1.165) is 48.8 Å². The number of nitrogens with zero attached hydrogens (tertiary/aromatic N) is 3. The fourth-order valence-corrected chi connectivity index (χ4v) is 6.27. The number of aromatic nitrogens is 1. The second-order valence-corrected chi connectivity index (χ2v) is 10.8. The lowest BCUT2D eigenvalue weighted by Gasteiger charge is -2.46. The second kappa shape index (κ2) is 11.9. The number of piperazine rings is 1. The molecular weight excluding hydrogens is 506 g/mol. The summed E-state index contributed by atoms with van der Waals surface area (Å²) in [5.74, 6) is -0.297. The Morgan fingerprint density at radius 2 is 1.82 bits per heavy atom. The van der Waals surface area contributed by atoms with Gasteiger partial charge in [-0.3, -0.25) is 14.4 Å². The molecule has 3 atom stereocenters. The average Bonchev–Trinajstić information content (AvgIpc) is 3.23. The van der Waals surface area contributed by atoms with Crippen LogP contribution in [0, 0.1) is 11.8 Å². The number of carbonyl (C=O) groups is 3. The predicted molar refractivity (Wildman–Crippen MR) is 151 cm³/mol. The highest BCUT2D eigenvalue weighted by molar-refractivity contribution is 5.99. The molecule has 9 nitrogen and oxygen atoms in total. The Hall–Kier alpha value is -2.78. The molecule has 210 valence electrons. The molecule has 10 heteroatoms. The van der Waals surface area contributed by atoms with Gasteiger partial charge in [0.25, 0.3) is 5.91 Å². The highest BCUT2D eigenvalue weighted by atomic mass is 35.5. The lowest BCUT2D eigenvalue weighted by atomic mass is 9.69. The fraction of sp³-hybridized carbons (Fsp3) is 0.607. The smallest absolute Gasteiger partial charge is 0.270 e. The van der Waals surface area contributed by atoms with Crippen molar-refractivity contribution in [2.45, 2.75) is 57.5 Å². The molecule has 1 unspecified atom stereocenters. The Morgan fingerprint density at radius 1 is 1.13 bits per heavy atom. The maximum absolute atomic E-state index is 14.1. The van der Waals surface area contributed by atoms with E-state index in [4.69, 9.17) is 10.5 Å². The number of amides is 3. The van der Waals surface area contributed by atoms with Gasteiger partial charge in [0, 0.05) is 44.2 Å². The van der Waals surface area contributed by atoms with Crippen molar-refractivity contribution >= 4 is 41.0 Å². The van der Waals surface area contributed by atoms with Gasteiger partial charge in [-0.25, -0.2) is 0 Å². The van der Waals surface area contributed by atoms with Crippen molar-refractivity contribution in [2.75, 3.05) is 33.8 Å². The molecular formula is C28H42ClN5O4. The molecule has 0 bridgehead atoms. The van der Waals surface area contributed by atoms with E-state index in [1.165, 1.54) is 0 Å². The van der Waals surface area contributed by atoms with E-state index in [2.05, 4.69) is 5.32 Å². The van der Waals surface area contributed by atoms with Crippen LogP contribution in [0.2, 0.25) is 0 Å². The lowest BCUT2D eigenvalue weighted by molar-refractivity contribution is -0.149. The highest BCUT2D eigenvalue weighted by Gasteiger charge is 2.49.